The van der Waals surface area contributed by atoms with E-state index in [0.717, 1.165) is 50.2 Å². The van der Waals surface area contributed by atoms with E-state index in [1.807, 2.05) is 44.4 Å². The van der Waals surface area contributed by atoms with Crippen LogP contribution in [0.1, 0.15) is 90.4 Å². The third-order valence-corrected chi connectivity index (χ3v) is 12.7. The van der Waals surface area contributed by atoms with Gasteiger partial charge in [0.2, 0.25) is 23.7 Å². The average Bonchev–Trinajstić information content (AvgIpc) is 3.63. The highest BCUT2D eigenvalue weighted by Gasteiger charge is 2.31. The molecule has 0 spiro atoms. The minimum atomic E-state index is -0.659. The Morgan fingerprint density at radius 2 is 1.42 bits per heavy atom. The van der Waals surface area contributed by atoms with Crippen LogP contribution in [0.3, 0.4) is 0 Å². The molecule has 1 saturated carbocycles. The van der Waals surface area contributed by atoms with Crippen molar-refractivity contribution in [3.63, 3.8) is 0 Å². The summed E-state index contributed by atoms with van der Waals surface area (Å²) in [6, 6.07) is 8.77. The lowest BCUT2D eigenvalue weighted by Gasteiger charge is -2.34. The number of nitrogens with one attached hydrogen (secondary N) is 2. The van der Waals surface area contributed by atoms with Gasteiger partial charge in [-0.15, -0.1) is 11.3 Å². The maximum atomic E-state index is 13.9. The van der Waals surface area contributed by atoms with E-state index in [2.05, 4.69) is 30.5 Å². The molecule has 2 aromatic carbocycles. The third-order valence-electron chi connectivity index (χ3n) is 11.7. The Labute approximate surface area is 379 Å². The number of imidazole rings is 2. The van der Waals surface area contributed by atoms with Crippen LogP contribution < -0.4 is 31.6 Å². The number of nitrogens with two attached hydrogens (primary N) is 2. The fraction of sp³-hybridized carbons (Fsp3) is 0.422. The van der Waals surface area contributed by atoms with Crippen LogP contribution in [0.15, 0.2) is 42.5 Å². The van der Waals surface area contributed by atoms with Crippen molar-refractivity contribution in [3.8, 4) is 11.5 Å². The SMILES string of the molecule is CCc1nc(C)sc1C(=O)Nc1nc2cc(C(N)=O)cc(OCCCN3CCN(C4CC4)CC3)c2n1C/C=C/Cn1c(NC(=O)c2cc(C)nn2CC)nc2cc(C(N)=O)cc(OC)c21. The molecule has 4 aromatic heterocycles. The Balaban J connectivity index is 1.12. The molecule has 0 atom stereocenters. The van der Waals surface area contributed by atoms with Gasteiger partial charge >= 0.3 is 0 Å². The van der Waals surface area contributed by atoms with E-state index in [9.17, 15) is 19.2 Å². The van der Waals surface area contributed by atoms with Gasteiger partial charge in [0.1, 0.15) is 33.1 Å². The number of primary amides is 2. The molecule has 342 valence electrons. The zero-order chi connectivity index (χ0) is 45.9. The molecule has 1 aliphatic carbocycles. The van der Waals surface area contributed by atoms with Gasteiger partial charge in [-0.1, -0.05) is 19.1 Å². The van der Waals surface area contributed by atoms with Crippen LogP contribution in [0, 0.1) is 13.8 Å². The predicted octanol–water partition coefficient (Wildman–Crippen LogP) is 4.75. The van der Waals surface area contributed by atoms with E-state index in [0.29, 0.717) is 75.1 Å². The number of carbonyl (C=O) groups is 4. The van der Waals surface area contributed by atoms with Gasteiger partial charge in [0.25, 0.3) is 11.8 Å². The smallest absolute Gasteiger partial charge is 0.276 e. The van der Waals surface area contributed by atoms with Crippen molar-refractivity contribution >= 4 is 68.9 Å². The number of thiazole rings is 1. The summed E-state index contributed by atoms with van der Waals surface area (Å²) in [6.45, 7) is 13.8. The van der Waals surface area contributed by atoms with Gasteiger partial charge in [-0.3, -0.25) is 39.4 Å². The molecular weight excluding hydrogens is 851 g/mol. The fourth-order valence-electron chi connectivity index (χ4n) is 8.36. The van der Waals surface area contributed by atoms with Crippen LogP contribution in [-0.4, -0.2) is 120 Å². The molecule has 6 N–H and O–H groups in total. The molecule has 0 radical (unpaired) electrons. The minimum absolute atomic E-state index is 0.183. The number of anilines is 2. The maximum Gasteiger partial charge on any atom is 0.276 e. The number of hydrogen-bond acceptors (Lipinski definition) is 13. The number of hydrogen-bond donors (Lipinski definition) is 4. The molecule has 1 saturated heterocycles. The summed E-state index contributed by atoms with van der Waals surface area (Å²) in [5, 5.41) is 11.1. The van der Waals surface area contributed by atoms with E-state index in [-0.39, 0.29) is 42.0 Å². The third kappa shape index (κ3) is 9.74. The number of methoxy groups -OCH3 is 1. The number of ether oxygens (including phenoxy) is 2. The first-order chi connectivity index (χ1) is 31.3. The summed E-state index contributed by atoms with van der Waals surface area (Å²) < 4.78 is 17.4. The molecule has 1 aliphatic heterocycles. The molecule has 6 aromatic rings. The monoisotopic (exact) mass is 905 g/mol. The number of aromatic nitrogens is 7. The van der Waals surface area contributed by atoms with Crippen LogP contribution in [0.25, 0.3) is 22.1 Å². The van der Waals surface area contributed by atoms with E-state index >= 15 is 0 Å². The maximum absolute atomic E-state index is 13.9. The van der Waals surface area contributed by atoms with Crippen molar-refractivity contribution in [1.29, 1.82) is 0 Å². The topological polar surface area (TPSA) is 236 Å². The van der Waals surface area contributed by atoms with Gasteiger partial charge in [-0.25, -0.2) is 15.0 Å². The summed E-state index contributed by atoms with van der Waals surface area (Å²) in [5.74, 6) is -0.922. The lowest BCUT2D eigenvalue weighted by atomic mass is 10.1. The second-order valence-electron chi connectivity index (χ2n) is 16.2. The number of benzene rings is 2. The molecule has 5 heterocycles. The van der Waals surface area contributed by atoms with Crippen molar-refractivity contribution in [3.05, 3.63) is 80.6 Å². The molecule has 0 bridgehead atoms. The number of fused-ring (bicyclic) bond motifs is 2. The van der Waals surface area contributed by atoms with Crippen molar-refractivity contribution < 1.29 is 28.7 Å². The van der Waals surface area contributed by atoms with Gasteiger partial charge in [0.15, 0.2) is 0 Å². The van der Waals surface area contributed by atoms with Crippen LogP contribution in [-0.2, 0) is 26.1 Å². The highest BCUT2D eigenvalue weighted by Crippen LogP contribution is 2.34. The quantitative estimate of drug-likeness (QED) is 0.0637. The van der Waals surface area contributed by atoms with Crippen LogP contribution in [0.5, 0.6) is 11.5 Å². The lowest BCUT2D eigenvalue weighted by molar-refractivity contribution is 0.0991. The van der Waals surface area contributed by atoms with Gasteiger partial charge < -0.3 is 35.0 Å². The molecule has 2 aliphatic rings. The van der Waals surface area contributed by atoms with Crippen molar-refractivity contribution in [2.75, 3.05) is 57.1 Å². The number of allylic oxidation sites excluding steroid dienone is 2. The summed E-state index contributed by atoms with van der Waals surface area (Å²) in [5.41, 5.74) is 15.5. The Morgan fingerprint density at radius 1 is 0.815 bits per heavy atom. The molecular formula is C45H55N13O6S. The standard InChI is InChI=1S/C45H55N13O6S/c1-6-31-39(65-27(4)48-31)43(62)52-45-50-33-23-29(41(47)60)25-36(64-20-10-13-54-16-18-55(19-17-54)30-11-12-30)38(33)57(45)15-9-8-14-56-37-32(22-28(40(46)59)24-35(37)63-5)49-44(56)51-42(61)34-21-26(3)53-58(34)7-2/h8-9,21-25,30H,6-7,10-20H2,1-5H3,(H2,46,59)(H2,47,60)(H,49,51,61)(H,50,52,62)/b9-8+. The minimum Gasteiger partial charge on any atom is -0.494 e. The van der Waals surface area contributed by atoms with Gasteiger partial charge in [0.05, 0.1) is 41.1 Å². The highest BCUT2D eigenvalue weighted by atomic mass is 32.1. The van der Waals surface area contributed by atoms with Crippen LogP contribution in [0.2, 0.25) is 0 Å². The summed E-state index contributed by atoms with van der Waals surface area (Å²) in [7, 11) is 1.48. The molecule has 0 unspecified atom stereocenters. The molecule has 8 rings (SSSR count). The van der Waals surface area contributed by atoms with Gasteiger partial charge in [-0.2, -0.15) is 5.10 Å². The molecule has 19 nitrogen and oxygen atoms in total. The second-order valence-corrected chi connectivity index (χ2v) is 17.5. The molecule has 2 fully saturated rings. The van der Waals surface area contributed by atoms with Crippen molar-refractivity contribution in [2.24, 2.45) is 11.5 Å². The highest BCUT2D eigenvalue weighted by molar-refractivity contribution is 7.13. The van der Waals surface area contributed by atoms with E-state index in [1.54, 1.807) is 33.5 Å². The van der Waals surface area contributed by atoms with Gasteiger partial charge in [0, 0.05) is 69.5 Å². The first kappa shape index (κ1) is 44.9. The first-order valence-electron chi connectivity index (χ1n) is 21.9. The number of rotatable bonds is 19. The zero-order valence-corrected chi connectivity index (χ0v) is 38.2. The Kier molecular flexibility index (Phi) is 13.3. The number of amides is 4. The average molecular weight is 906 g/mol. The Bertz CT molecular complexity index is 2810. The van der Waals surface area contributed by atoms with Gasteiger partial charge in [-0.05, 0) is 76.8 Å². The molecule has 4 amide bonds. The number of piperazine rings is 1. The van der Waals surface area contributed by atoms with E-state index in [4.69, 9.17) is 30.9 Å². The Morgan fingerprint density at radius 3 is 1.98 bits per heavy atom. The van der Waals surface area contributed by atoms with Crippen molar-refractivity contribution in [2.45, 2.75) is 79.1 Å². The fourth-order valence-corrected chi connectivity index (χ4v) is 9.26. The van der Waals surface area contributed by atoms with Crippen LogP contribution in [0.4, 0.5) is 11.9 Å². The van der Waals surface area contributed by atoms with E-state index in [1.165, 1.54) is 37.4 Å². The van der Waals surface area contributed by atoms with E-state index < -0.39 is 17.7 Å². The summed E-state index contributed by atoms with van der Waals surface area (Å²) >= 11 is 1.31. The lowest BCUT2D eigenvalue weighted by Crippen LogP contribution is -2.47. The number of nitrogens with zero attached hydrogens (tertiary/aromatic N) is 9. The predicted molar refractivity (Wildman–Crippen MR) is 248 cm³/mol. The number of carbonyl (C=O) groups excluding carboxylic acids is 4. The second kappa shape index (κ2) is 19.2. The van der Waals surface area contributed by atoms with Crippen molar-refractivity contribution in [1.82, 2.24) is 43.7 Å². The number of aryl methyl sites for hydroxylation is 4. The molecule has 20 heteroatoms. The summed E-state index contributed by atoms with van der Waals surface area (Å²) in [4.78, 5) is 72.2. The zero-order valence-electron chi connectivity index (χ0n) is 37.3. The molecule has 65 heavy (non-hydrogen) atoms. The van der Waals surface area contributed by atoms with Crippen LogP contribution >= 0.6 is 11.3 Å². The largest absolute Gasteiger partial charge is 0.494 e. The Hall–Kier alpha value is -6.64. The first-order valence-corrected chi connectivity index (χ1v) is 22.8. The normalized spacial score (nSPS) is 14.7. The summed E-state index contributed by atoms with van der Waals surface area (Å²) in [6.07, 6.45) is 7.70.